The van der Waals surface area contributed by atoms with Gasteiger partial charge in [-0.3, -0.25) is 0 Å². The number of nitrogens with zero attached hydrogens (tertiary/aromatic N) is 2. The van der Waals surface area contributed by atoms with Crippen LogP contribution in [0.25, 0.3) is 11.4 Å². The molecule has 18 heavy (non-hydrogen) atoms. The molecule has 0 aromatic carbocycles. The smallest absolute Gasteiger partial charge is 0.231 e. The number of rotatable bonds is 5. The second-order valence-corrected chi connectivity index (χ2v) is 5.60. The first-order valence-electron chi connectivity index (χ1n) is 6.17. The van der Waals surface area contributed by atoms with E-state index in [1.54, 1.807) is 11.3 Å². The summed E-state index contributed by atoms with van der Waals surface area (Å²) in [4.78, 5) is 4.53. The molecule has 0 spiro atoms. The van der Waals surface area contributed by atoms with E-state index in [0.717, 1.165) is 5.56 Å². The first kappa shape index (κ1) is 13.2. The third-order valence-electron chi connectivity index (χ3n) is 3.22. The van der Waals surface area contributed by atoms with Crippen LogP contribution >= 0.6 is 11.3 Å². The largest absolute Gasteiger partial charge is 0.339 e. The van der Waals surface area contributed by atoms with Gasteiger partial charge in [0.1, 0.15) is 0 Å². The Morgan fingerprint density at radius 2 is 2.11 bits per heavy atom. The normalized spacial score (nSPS) is 14.9. The topological polar surface area (TPSA) is 51.0 Å². The second kappa shape index (κ2) is 5.63. The van der Waals surface area contributed by atoms with E-state index < -0.39 is 0 Å². The molecule has 98 valence electrons. The molecule has 0 amide bonds. The SMILES string of the molecule is CNC(C)C(c1nc(-c2ccsc2)no1)C(C)C. The van der Waals surface area contributed by atoms with Crippen LogP contribution in [-0.4, -0.2) is 23.2 Å². The van der Waals surface area contributed by atoms with Gasteiger partial charge in [0.2, 0.25) is 11.7 Å². The van der Waals surface area contributed by atoms with Crippen LogP contribution in [0.1, 0.15) is 32.6 Å². The summed E-state index contributed by atoms with van der Waals surface area (Å²) in [5.74, 6) is 2.08. The quantitative estimate of drug-likeness (QED) is 0.902. The van der Waals surface area contributed by atoms with E-state index in [0.29, 0.717) is 23.7 Å². The first-order valence-corrected chi connectivity index (χ1v) is 7.11. The molecule has 0 saturated carbocycles. The van der Waals surface area contributed by atoms with E-state index in [-0.39, 0.29) is 5.92 Å². The van der Waals surface area contributed by atoms with Gasteiger partial charge in [0.05, 0.1) is 5.92 Å². The lowest BCUT2D eigenvalue weighted by atomic mass is 9.89. The molecule has 0 aliphatic rings. The standard InChI is InChI=1S/C13H19N3OS/c1-8(2)11(9(3)14-4)13-15-12(16-17-13)10-5-6-18-7-10/h5-9,11,14H,1-4H3. The molecule has 0 saturated heterocycles. The molecular formula is C13H19N3OS. The number of likely N-dealkylation sites (N-methyl/N-ethyl adjacent to an activating group) is 1. The maximum atomic E-state index is 5.44. The lowest BCUT2D eigenvalue weighted by Gasteiger charge is -2.23. The molecule has 2 aromatic heterocycles. The molecule has 2 unspecified atom stereocenters. The lowest BCUT2D eigenvalue weighted by Crippen LogP contribution is -2.32. The highest BCUT2D eigenvalue weighted by Gasteiger charge is 2.27. The van der Waals surface area contributed by atoms with Gasteiger partial charge < -0.3 is 9.84 Å². The van der Waals surface area contributed by atoms with Gasteiger partial charge in [0, 0.05) is 17.0 Å². The fraction of sp³-hybridized carbons (Fsp3) is 0.538. The Morgan fingerprint density at radius 3 is 2.67 bits per heavy atom. The zero-order chi connectivity index (χ0) is 13.1. The Hall–Kier alpha value is -1.20. The zero-order valence-corrected chi connectivity index (χ0v) is 12.0. The van der Waals surface area contributed by atoms with Gasteiger partial charge in [0.25, 0.3) is 0 Å². The van der Waals surface area contributed by atoms with Gasteiger partial charge in [-0.1, -0.05) is 19.0 Å². The van der Waals surface area contributed by atoms with Crippen molar-refractivity contribution in [3.63, 3.8) is 0 Å². The van der Waals surface area contributed by atoms with E-state index >= 15 is 0 Å². The van der Waals surface area contributed by atoms with E-state index in [4.69, 9.17) is 4.52 Å². The fourth-order valence-electron chi connectivity index (χ4n) is 2.14. The van der Waals surface area contributed by atoms with Crippen LogP contribution < -0.4 is 5.32 Å². The molecule has 0 aliphatic heterocycles. The van der Waals surface area contributed by atoms with Gasteiger partial charge in [-0.25, -0.2) is 0 Å². The van der Waals surface area contributed by atoms with Crippen LogP contribution in [0.3, 0.4) is 0 Å². The molecule has 0 radical (unpaired) electrons. The zero-order valence-electron chi connectivity index (χ0n) is 11.2. The second-order valence-electron chi connectivity index (χ2n) is 4.82. The van der Waals surface area contributed by atoms with Gasteiger partial charge in [-0.05, 0) is 31.3 Å². The number of thiophene rings is 1. The molecule has 1 N–H and O–H groups in total. The van der Waals surface area contributed by atoms with Crippen LogP contribution in [0.5, 0.6) is 0 Å². The Kier molecular flexibility index (Phi) is 4.14. The van der Waals surface area contributed by atoms with E-state index in [1.807, 2.05) is 23.9 Å². The number of hydrogen-bond acceptors (Lipinski definition) is 5. The van der Waals surface area contributed by atoms with Crippen molar-refractivity contribution in [1.82, 2.24) is 15.5 Å². The molecule has 2 atom stereocenters. The van der Waals surface area contributed by atoms with Crippen LogP contribution in [0.2, 0.25) is 0 Å². The Labute approximate surface area is 111 Å². The average Bonchev–Trinajstić information content (AvgIpc) is 2.98. The Bertz CT molecular complexity index is 478. The number of nitrogens with one attached hydrogen (secondary N) is 1. The molecule has 0 fully saturated rings. The number of hydrogen-bond donors (Lipinski definition) is 1. The molecule has 4 nitrogen and oxygen atoms in total. The maximum absolute atomic E-state index is 5.44. The van der Waals surface area contributed by atoms with Crippen LogP contribution in [0, 0.1) is 5.92 Å². The molecule has 2 heterocycles. The number of aromatic nitrogens is 2. The van der Waals surface area contributed by atoms with Gasteiger partial charge in [-0.2, -0.15) is 16.3 Å². The molecule has 2 rings (SSSR count). The van der Waals surface area contributed by atoms with Crippen molar-refractivity contribution in [1.29, 1.82) is 0 Å². The minimum atomic E-state index is 0.231. The third-order valence-corrected chi connectivity index (χ3v) is 3.90. The molecule has 0 bridgehead atoms. The van der Waals surface area contributed by atoms with Crippen molar-refractivity contribution in [2.24, 2.45) is 5.92 Å². The fourth-order valence-corrected chi connectivity index (χ4v) is 2.77. The molecule has 0 aliphatic carbocycles. The van der Waals surface area contributed by atoms with E-state index in [9.17, 15) is 0 Å². The Morgan fingerprint density at radius 1 is 1.33 bits per heavy atom. The molecule has 2 aromatic rings. The van der Waals surface area contributed by atoms with E-state index in [1.165, 1.54) is 0 Å². The van der Waals surface area contributed by atoms with Crippen molar-refractivity contribution in [3.8, 4) is 11.4 Å². The minimum Gasteiger partial charge on any atom is -0.339 e. The highest BCUT2D eigenvalue weighted by atomic mass is 32.1. The summed E-state index contributed by atoms with van der Waals surface area (Å²) >= 11 is 1.64. The monoisotopic (exact) mass is 265 g/mol. The average molecular weight is 265 g/mol. The maximum Gasteiger partial charge on any atom is 0.231 e. The van der Waals surface area contributed by atoms with Gasteiger partial charge in [-0.15, -0.1) is 0 Å². The summed E-state index contributed by atoms with van der Waals surface area (Å²) in [6.07, 6.45) is 0. The third kappa shape index (κ3) is 2.62. The Balaban J connectivity index is 2.27. The lowest BCUT2D eigenvalue weighted by molar-refractivity contribution is 0.286. The predicted molar refractivity (Wildman–Crippen MR) is 73.7 cm³/mol. The van der Waals surface area contributed by atoms with Gasteiger partial charge in [0.15, 0.2) is 0 Å². The van der Waals surface area contributed by atoms with Gasteiger partial charge >= 0.3 is 0 Å². The van der Waals surface area contributed by atoms with Crippen LogP contribution in [0.15, 0.2) is 21.3 Å². The minimum absolute atomic E-state index is 0.231. The molecule has 5 heteroatoms. The summed E-state index contributed by atoms with van der Waals surface area (Å²) in [6, 6.07) is 2.31. The highest BCUT2D eigenvalue weighted by Crippen LogP contribution is 2.28. The van der Waals surface area contributed by atoms with Crippen LogP contribution in [-0.2, 0) is 0 Å². The molecular weight excluding hydrogens is 246 g/mol. The first-order chi connectivity index (χ1) is 8.63. The summed E-state index contributed by atoms with van der Waals surface area (Å²) in [5, 5.41) is 11.4. The summed E-state index contributed by atoms with van der Waals surface area (Å²) in [6.45, 7) is 6.49. The van der Waals surface area contributed by atoms with Crippen molar-refractivity contribution in [3.05, 3.63) is 22.7 Å². The summed E-state index contributed by atoms with van der Waals surface area (Å²) < 4.78 is 5.44. The predicted octanol–water partition coefficient (Wildman–Crippen LogP) is 3.15. The summed E-state index contributed by atoms with van der Waals surface area (Å²) in [5.41, 5.74) is 1.02. The van der Waals surface area contributed by atoms with Crippen LogP contribution in [0.4, 0.5) is 0 Å². The highest BCUT2D eigenvalue weighted by molar-refractivity contribution is 7.08. The summed E-state index contributed by atoms with van der Waals surface area (Å²) in [7, 11) is 1.95. The van der Waals surface area contributed by atoms with Crippen molar-refractivity contribution in [2.75, 3.05) is 7.05 Å². The van der Waals surface area contributed by atoms with Crippen molar-refractivity contribution >= 4 is 11.3 Å². The van der Waals surface area contributed by atoms with E-state index in [2.05, 4.69) is 36.2 Å². The van der Waals surface area contributed by atoms with Crippen molar-refractivity contribution in [2.45, 2.75) is 32.7 Å². The van der Waals surface area contributed by atoms with Crippen molar-refractivity contribution < 1.29 is 4.52 Å².